The second-order valence-corrected chi connectivity index (χ2v) is 6.53. The number of aliphatic hydroxyl groups is 1. The summed E-state index contributed by atoms with van der Waals surface area (Å²) >= 11 is 1.89. The number of thioether (sulfide) groups is 1. The molecule has 3 rings (SSSR count). The van der Waals surface area contributed by atoms with Crippen molar-refractivity contribution in [2.75, 3.05) is 24.6 Å². The van der Waals surface area contributed by atoms with Gasteiger partial charge in [0, 0.05) is 30.2 Å². The van der Waals surface area contributed by atoms with Crippen molar-refractivity contribution in [1.82, 2.24) is 4.90 Å². The van der Waals surface area contributed by atoms with Crippen molar-refractivity contribution >= 4 is 17.7 Å². The molecule has 0 radical (unpaired) electrons. The molecule has 1 aliphatic rings. The number of hydrogen-bond donors (Lipinski definition) is 1. The zero-order chi connectivity index (χ0) is 15.4. The minimum absolute atomic E-state index is 0.00229. The summed E-state index contributed by atoms with van der Waals surface area (Å²) in [4.78, 5) is 14.5. The smallest absolute Gasteiger partial charge is 0.253 e. The second kappa shape index (κ2) is 6.99. The maximum Gasteiger partial charge on any atom is 0.253 e. The van der Waals surface area contributed by atoms with Crippen LogP contribution in [0.5, 0.6) is 0 Å². The molecule has 1 amide bonds. The van der Waals surface area contributed by atoms with Gasteiger partial charge in [0.1, 0.15) is 0 Å². The van der Waals surface area contributed by atoms with Gasteiger partial charge in [-0.1, -0.05) is 36.4 Å². The SMILES string of the molecule is O=C(c1cccc(-c2ccccc2CO)c1)N1CCSCC1. The molecular weight excluding hydrogens is 294 g/mol. The van der Waals surface area contributed by atoms with E-state index in [0.717, 1.165) is 46.8 Å². The van der Waals surface area contributed by atoms with E-state index in [1.807, 2.05) is 65.2 Å². The monoisotopic (exact) mass is 313 g/mol. The van der Waals surface area contributed by atoms with Crippen LogP contribution in [0, 0.1) is 0 Å². The van der Waals surface area contributed by atoms with Crippen molar-refractivity contribution in [2.45, 2.75) is 6.61 Å². The maximum atomic E-state index is 12.6. The molecule has 0 bridgehead atoms. The molecule has 0 atom stereocenters. The van der Waals surface area contributed by atoms with E-state index < -0.39 is 0 Å². The molecule has 0 aliphatic carbocycles. The minimum Gasteiger partial charge on any atom is -0.392 e. The van der Waals surface area contributed by atoms with Crippen LogP contribution in [-0.2, 0) is 6.61 Å². The third-order valence-electron chi connectivity index (χ3n) is 3.91. The average Bonchev–Trinajstić information content (AvgIpc) is 2.62. The molecule has 1 heterocycles. The van der Waals surface area contributed by atoms with E-state index in [4.69, 9.17) is 0 Å². The summed E-state index contributed by atoms with van der Waals surface area (Å²) in [6.07, 6.45) is 0. The third kappa shape index (κ3) is 3.18. The zero-order valence-corrected chi connectivity index (χ0v) is 13.2. The Balaban J connectivity index is 1.90. The lowest BCUT2D eigenvalue weighted by Gasteiger charge is -2.26. The van der Waals surface area contributed by atoms with Gasteiger partial charge in [-0.25, -0.2) is 0 Å². The van der Waals surface area contributed by atoms with Gasteiger partial charge in [0.15, 0.2) is 0 Å². The number of aliphatic hydroxyl groups excluding tert-OH is 1. The molecule has 0 aromatic heterocycles. The van der Waals surface area contributed by atoms with Crippen molar-refractivity contribution < 1.29 is 9.90 Å². The molecule has 0 saturated carbocycles. The van der Waals surface area contributed by atoms with Crippen LogP contribution in [0.15, 0.2) is 48.5 Å². The summed E-state index contributed by atoms with van der Waals surface area (Å²) < 4.78 is 0. The lowest BCUT2D eigenvalue weighted by atomic mass is 9.98. The Morgan fingerprint density at radius 1 is 1.09 bits per heavy atom. The number of rotatable bonds is 3. The fourth-order valence-corrected chi connectivity index (χ4v) is 3.61. The molecule has 4 heteroatoms. The highest BCUT2D eigenvalue weighted by Gasteiger charge is 2.18. The van der Waals surface area contributed by atoms with E-state index in [0.29, 0.717) is 0 Å². The van der Waals surface area contributed by atoms with Gasteiger partial charge >= 0.3 is 0 Å². The van der Waals surface area contributed by atoms with Crippen LogP contribution in [-0.4, -0.2) is 40.5 Å². The van der Waals surface area contributed by atoms with Crippen LogP contribution in [0.3, 0.4) is 0 Å². The molecule has 3 nitrogen and oxygen atoms in total. The molecule has 114 valence electrons. The predicted molar refractivity (Wildman–Crippen MR) is 91.0 cm³/mol. The minimum atomic E-state index is -0.00229. The fourth-order valence-electron chi connectivity index (χ4n) is 2.71. The van der Waals surface area contributed by atoms with Gasteiger partial charge in [-0.05, 0) is 28.8 Å². The van der Waals surface area contributed by atoms with E-state index >= 15 is 0 Å². The summed E-state index contributed by atoms with van der Waals surface area (Å²) in [6.45, 7) is 1.64. The van der Waals surface area contributed by atoms with Crippen LogP contribution in [0.1, 0.15) is 15.9 Å². The largest absolute Gasteiger partial charge is 0.392 e. The first-order valence-electron chi connectivity index (χ1n) is 7.46. The van der Waals surface area contributed by atoms with E-state index in [-0.39, 0.29) is 12.5 Å². The topological polar surface area (TPSA) is 40.5 Å². The highest BCUT2D eigenvalue weighted by molar-refractivity contribution is 7.99. The number of benzene rings is 2. The Morgan fingerprint density at radius 2 is 1.86 bits per heavy atom. The molecule has 22 heavy (non-hydrogen) atoms. The van der Waals surface area contributed by atoms with Gasteiger partial charge in [0.2, 0.25) is 0 Å². The Bertz CT molecular complexity index is 666. The van der Waals surface area contributed by atoms with E-state index in [9.17, 15) is 9.90 Å². The van der Waals surface area contributed by atoms with E-state index in [2.05, 4.69) is 0 Å². The van der Waals surface area contributed by atoms with Gasteiger partial charge < -0.3 is 10.0 Å². The lowest BCUT2D eigenvalue weighted by molar-refractivity contribution is 0.0772. The predicted octanol–water partition coefficient (Wildman–Crippen LogP) is 3.03. The van der Waals surface area contributed by atoms with Crippen molar-refractivity contribution in [3.05, 3.63) is 59.7 Å². The maximum absolute atomic E-state index is 12.6. The van der Waals surface area contributed by atoms with Crippen LogP contribution in [0.2, 0.25) is 0 Å². The molecule has 2 aromatic carbocycles. The normalized spacial score (nSPS) is 14.9. The van der Waals surface area contributed by atoms with E-state index in [1.54, 1.807) is 0 Å². The van der Waals surface area contributed by atoms with Gasteiger partial charge in [0.25, 0.3) is 5.91 Å². The van der Waals surface area contributed by atoms with Gasteiger partial charge in [-0.3, -0.25) is 4.79 Å². The van der Waals surface area contributed by atoms with Gasteiger partial charge in [-0.15, -0.1) is 0 Å². The summed E-state index contributed by atoms with van der Waals surface area (Å²) in [5.74, 6) is 2.13. The van der Waals surface area contributed by atoms with Crippen LogP contribution in [0.25, 0.3) is 11.1 Å². The van der Waals surface area contributed by atoms with Crippen LogP contribution in [0.4, 0.5) is 0 Å². The molecule has 1 fully saturated rings. The average molecular weight is 313 g/mol. The number of amides is 1. The molecule has 1 aliphatic heterocycles. The molecule has 0 spiro atoms. The second-order valence-electron chi connectivity index (χ2n) is 5.30. The van der Waals surface area contributed by atoms with Crippen molar-refractivity contribution in [3.8, 4) is 11.1 Å². The quantitative estimate of drug-likeness (QED) is 0.947. The molecule has 2 aromatic rings. The first-order chi connectivity index (χ1) is 10.8. The fraction of sp³-hybridized carbons (Fsp3) is 0.278. The first-order valence-corrected chi connectivity index (χ1v) is 8.61. The molecule has 1 N–H and O–H groups in total. The Morgan fingerprint density at radius 3 is 2.64 bits per heavy atom. The number of nitrogens with zero attached hydrogens (tertiary/aromatic N) is 1. The number of carbonyl (C=O) groups is 1. The molecule has 1 saturated heterocycles. The Labute approximate surface area is 135 Å². The zero-order valence-electron chi connectivity index (χ0n) is 12.4. The summed E-state index contributed by atoms with van der Waals surface area (Å²) in [5.41, 5.74) is 3.55. The van der Waals surface area contributed by atoms with Crippen molar-refractivity contribution in [1.29, 1.82) is 0 Å². The lowest BCUT2D eigenvalue weighted by Crippen LogP contribution is -2.37. The van der Waals surface area contributed by atoms with Crippen molar-refractivity contribution in [2.24, 2.45) is 0 Å². The number of hydrogen-bond acceptors (Lipinski definition) is 3. The van der Waals surface area contributed by atoms with Gasteiger partial charge in [-0.2, -0.15) is 11.8 Å². The number of carbonyl (C=O) groups excluding carboxylic acids is 1. The van der Waals surface area contributed by atoms with Crippen LogP contribution < -0.4 is 0 Å². The highest BCUT2D eigenvalue weighted by Crippen LogP contribution is 2.25. The summed E-state index contributed by atoms with van der Waals surface area (Å²) in [6, 6.07) is 15.4. The summed E-state index contributed by atoms with van der Waals surface area (Å²) in [7, 11) is 0. The first kappa shape index (κ1) is 15.1. The van der Waals surface area contributed by atoms with E-state index in [1.165, 1.54) is 0 Å². The van der Waals surface area contributed by atoms with Crippen LogP contribution >= 0.6 is 11.8 Å². The highest BCUT2D eigenvalue weighted by atomic mass is 32.2. The third-order valence-corrected chi connectivity index (χ3v) is 4.85. The summed E-state index contributed by atoms with van der Waals surface area (Å²) in [5, 5.41) is 9.48. The standard InChI is InChI=1S/C18H19NO2S/c20-13-16-4-1-2-7-17(16)14-5-3-6-15(12-14)18(21)19-8-10-22-11-9-19/h1-7,12,20H,8-11,13H2. The van der Waals surface area contributed by atoms with Crippen molar-refractivity contribution in [3.63, 3.8) is 0 Å². The molecular formula is C18H19NO2S. The van der Waals surface area contributed by atoms with Gasteiger partial charge in [0.05, 0.1) is 6.61 Å². The Kier molecular flexibility index (Phi) is 4.80. The molecule has 0 unspecified atom stereocenters. The Hall–Kier alpha value is -1.78.